The van der Waals surface area contributed by atoms with Gasteiger partial charge in [0.1, 0.15) is 5.75 Å². The molecule has 6 heteroatoms. The standard InChI is InChI=1S/C20H14F3NOS/c1-2-26-17-11-5-14(6-12-17)18-4-3-13-24-19(18)25-16-9-7-15(8-10-16)20(21,22)23/h2-13H,1H2. The van der Waals surface area contributed by atoms with Crippen LogP contribution in [-0.4, -0.2) is 4.98 Å². The van der Waals surface area contributed by atoms with Gasteiger partial charge >= 0.3 is 6.18 Å². The second kappa shape index (κ2) is 7.66. The van der Waals surface area contributed by atoms with Crippen LogP contribution in [0.5, 0.6) is 11.6 Å². The van der Waals surface area contributed by atoms with Gasteiger partial charge in [-0.25, -0.2) is 4.98 Å². The Morgan fingerprint density at radius 2 is 1.65 bits per heavy atom. The lowest BCUT2D eigenvalue weighted by Crippen LogP contribution is -2.04. The van der Waals surface area contributed by atoms with Crippen LogP contribution < -0.4 is 4.74 Å². The van der Waals surface area contributed by atoms with Crippen LogP contribution in [0.2, 0.25) is 0 Å². The lowest BCUT2D eigenvalue weighted by molar-refractivity contribution is -0.137. The van der Waals surface area contributed by atoms with E-state index >= 15 is 0 Å². The van der Waals surface area contributed by atoms with Crippen molar-refractivity contribution >= 4 is 11.8 Å². The van der Waals surface area contributed by atoms with Crippen LogP contribution in [0.25, 0.3) is 11.1 Å². The minimum absolute atomic E-state index is 0.289. The van der Waals surface area contributed by atoms with Crippen LogP contribution in [0.15, 0.2) is 83.7 Å². The average molecular weight is 373 g/mol. The molecule has 0 aliphatic carbocycles. The zero-order chi connectivity index (χ0) is 18.6. The predicted molar refractivity (Wildman–Crippen MR) is 97.2 cm³/mol. The van der Waals surface area contributed by atoms with Crippen molar-refractivity contribution < 1.29 is 17.9 Å². The number of nitrogens with zero attached hydrogens (tertiary/aromatic N) is 1. The summed E-state index contributed by atoms with van der Waals surface area (Å²) < 4.78 is 43.7. The first kappa shape index (κ1) is 18.1. The summed E-state index contributed by atoms with van der Waals surface area (Å²) in [4.78, 5) is 5.27. The van der Waals surface area contributed by atoms with Gasteiger partial charge in [-0.15, -0.1) is 0 Å². The minimum Gasteiger partial charge on any atom is -0.438 e. The Kier molecular flexibility index (Phi) is 5.32. The van der Waals surface area contributed by atoms with Crippen molar-refractivity contribution in [3.05, 3.63) is 84.4 Å². The molecule has 0 saturated heterocycles. The van der Waals surface area contributed by atoms with Gasteiger partial charge in [0.2, 0.25) is 5.88 Å². The number of aromatic nitrogens is 1. The van der Waals surface area contributed by atoms with Crippen LogP contribution in [0.4, 0.5) is 13.2 Å². The molecule has 0 fully saturated rings. The van der Waals surface area contributed by atoms with Gasteiger partial charge in [-0.3, -0.25) is 0 Å². The molecule has 0 bridgehead atoms. The Hall–Kier alpha value is -2.73. The van der Waals surface area contributed by atoms with Crippen molar-refractivity contribution in [1.82, 2.24) is 4.98 Å². The maximum absolute atomic E-state index is 12.7. The second-order valence-corrected chi connectivity index (χ2v) is 6.33. The summed E-state index contributed by atoms with van der Waals surface area (Å²) in [5.41, 5.74) is 0.928. The van der Waals surface area contributed by atoms with Gasteiger partial charge in [-0.05, 0) is 59.5 Å². The van der Waals surface area contributed by atoms with E-state index in [1.807, 2.05) is 30.3 Å². The molecule has 2 aromatic carbocycles. The first-order valence-corrected chi connectivity index (χ1v) is 8.53. The van der Waals surface area contributed by atoms with E-state index < -0.39 is 11.7 Å². The highest BCUT2D eigenvalue weighted by atomic mass is 32.2. The number of alkyl halides is 3. The highest BCUT2D eigenvalue weighted by Crippen LogP contribution is 2.34. The van der Waals surface area contributed by atoms with Crippen LogP contribution in [0.3, 0.4) is 0 Å². The van der Waals surface area contributed by atoms with E-state index in [0.29, 0.717) is 5.88 Å². The fraction of sp³-hybridized carbons (Fsp3) is 0.0500. The van der Waals surface area contributed by atoms with Gasteiger partial charge in [0.25, 0.3) is 0 Å². The van der Waals surface area contributed by atoms with Gasteiger partial charge in [0.15, 0.2) is 0 Å². The third kappa shape index (κ3) is 4.26. The first-order chi connectivity index (χ1) is 12.5. The van der Waals surface area contributed by atoms with E-state index in [4.69, 9.17) is 4.74 Å². The Balaban J connectivity index is 1.86. The largest absolute Gasteiger partial charge is 0.438 e. The summed E-state index contributed by atoms with van der Waals surface area (Å²) >= 11 is 1.51. The van der Waals surface area contributed by atoms with Gasteiger partial charge in [-0.1, -0.05) is 30.5 Å². The van der Waals surface area contributed by atoms with Crippen LogP contribution in [0.1, 0.15) is 5.56 Å². The average Bonchev–Trinajstić information content (AvgIpc) is 2.63. The molecule has 26 heavy (non-hydrogen) atoms. The van der Waals surface area contributed by atoms with E-state index in [1.54, 1.807) is 17.7 Å². The van der Waals surface area contributed by atoms with Gasteiger partial charge in [0.05, 0.1) is 5.56 Å². The molecule has 0 aliphatic heterocycles. The molecule has 132 valence electrons. The van der Waals surface area contributed by atoms with Crippen molar-refractivity contribution in [2.24, 2.45) is 0 Å². The molecule has 1 aromatic heterocycles. The van der Waals surface area contributed by atoms with E-state index in [1.165, 1.54) is 23.9 Å². The maximum Gasteiger partial charge on any atom is 0.416 e. The Morgan fingerprint density at radius 1 is 0.962 bits per heavy atom. The third-order valence-corrected chi connectivity index (χ3v) is 4.26. The minimum atomic E-state index is -4.38. The zero-order valence-electron chi connectivity index (χ0n) is 13.5. The molecule has 0 atom stereocenters. The topological polar surface area (TPSA) is 22.1 Å². The molecular weight excluding hydrogens is 359 g/mol. The van der Waals surface area contributed by atoms with Crippen molar-refractivity contribution in [3.8, 4) is 22.8 Å². The third-order valence-electron chi connectivity index (χ3n) is 3.55. The number of pyridine rings is 1. The van der Waals surface area contributed by atoms with Gasteiger partial charge in [0, 0.05) is 16.7 Å². The quantitative estimate of drug-likeness (QED) is 0.459. The Bertz CT molecular complexity index is 890. The second-order valence-electron chi connectivity index (χ2n) is 5.29. The molecule has 1 heterocycles. The molecule has 3 rings (SSSR count). The summed E-state index contributed by atoms with van der Waals surface area (Å²) in [6.45, 7) is 3.68. The fourth-order valence-electron chi connectivity index (χ4n) is 2.32. The van der Waals surface area contributed by atoms with Crippen LogP contribution >= 0.6 is 11.8 Å². The number of thioether (sulfide) groups is 1. The molecule has 0 spiro atoms. The number of halogens is 3. The lowest BCUT2D eigenvalue weighted by atomic mass is 10.1. The number of hydrogen-bond donors (Lipinski definition) is 0. The SMILES string of the molecule is C=CSc1ccc(-c2cccnc2Oc2ccc(C(F)(F)F)cc2)cc1. The monoisotopic (exact) mass is 373 g/mol. The van der Waals surface area contributed by atoms with Gasteiger partial charge in [-0.2, -0.15) is 13.2 Å². The van der Waals surface area contributed by atoms with Crippen molar-refractivity contribution in [1.29, 1.82) is 0 Å². The van der Waals surface area contributed by atoms with Crippen molar-refractivity contribution in [2.45, 2.75) is 11.1 Å². The van der Waals surface area contributed by atoms with E-state index in [0.717, 1.165) is 28.2 Å². The lowest BCUT2D eigenvalue weighted by Gasteiger charge is -2.11. The summed E-state index contributed by atoms with van der Waals surface area (Å²) in [7, 11) is 0. The highest BCUT2D eigenvalue weighted by molar-refractivity contribution is 8.02. The van der Waals surface area contributed by atoms with E-state index in [-0.39, 0.29) is 5.75 Å². The summed E-state index contributed by atoms with van der Waals surface area (Å²) in [6, 6.07) is 15.9. The van der Waals surface area contributed by atoms with Crippen molar-refractivity contribution in [2.75, 3.05) is 0 Å². The molecule has 0 saturated carbocycles. The molecule has 0 N–H and O–H groups in total. The zero-order valence-corrected chi connectivity index (χ0v) is 14.3. The molecule has 0 radical (unpaired) electrons. The van der Waals surface area contributed by atoms with Crippen LogP contribution in [-0.2, 0) is 6.18 Å². The fourth-order valence-corrected chi connectivity index (χ4v) is 2.81. The molecule has 2 nitrogen and oxygen atoms in total. The van der Waals surface area contributed by atoms with Crippen LogP contribution in [0, 0.1) is 0 Å². The maximum atomic E-state index is 12.7. The normalized spacial score (nSPS) is 11.2. The Labute approximate surface area is 153 Å². The molecule has 0 aliphatic rings. The molecular formula is C20H14F3NOS. The number of hydrogen-bond acceptors (Lipinski definition) is 3. The number of rotatable bonds is 5. The van der Waals surface area contributed by atoms with Crippen molar-refractivity contribution in [3.63, 3.8) is 0 Å². The molecule has 0 unspecified atom stereocenters. The van der Waals surface area contributed by atoms with Gasteiger partial charge < -0.3 is 4.74 Å². The summed E-state index contributed by atoms with van der Waals surface area (Å²) in [5.74, 6) is 0.619. The molecule has 3 aromatic rings. The summed E-state index contributed by atoms with van der Waals surface area (Å²) in [5, 5.41) is 1.75. The van der Waals surface area contributed by atoms with E-state index in [9.17, 15) is 13.2 Å². The Morgan fingerprint density at radius 3 is 2.27 bits per heavy atom. The molecule has 0 amide bonds. The van der Waals surface area contributed by atoms with E-state index in [2.05, 4.69) is 11.6 Å². The first-order valence-electron chi connectivity index (χ1n) is 7.65. The summed E-state index contributed by atoms with van der Waals surface area (Å²) in [6.07, 6.45) is -2.80. The predicted octanol–water partition coefficient (Wildman–Crippen LogP) is 6.80. The number of ether oxygens (including phenoxy) is 1. The number of benzene rings is 2. The highest BCUT2D eigenvalue weighted by Gasteiger charge is 2.30. The smallest absolute Gasteiger partial charge is 0.416 e.